The summed E-state index contributed by atoms with van der Waals surface area (Å²) < 4.78 is 0.733. The van der Waals surface area contributed by atoms with Crippen LogP contribution in [0.25, 0.3) is 0 Å². The molecule has 98 valence electrons. The molecule has 0 atom stereocenters. The second kappa shape index (κ2) is 5.45. The molecule has 0 aliphatic carbocycles. The van der Waals surface area contributed by atoms with Crippen LogP contribution in [0.5, 0.6) is 0 Å². The maximum Gasteiger partial charge on any atom is 0.258 e. The van der Waals surface area contributed by atoms with Crippen molar-refractivity contribution in [2.75, 3.05) is 17.7 Å². The molecule has 0 saturated carbocycles. The number of anilines is 2. The number of nitrogens with two attached hydrogens (primary N) is 1. The van der Waals surface area contributed by atoms with Crippen molar-refractivity contribution in [3.05, 3.63) is 58.1 Å². The summed E-state index contributed by atoms with van der Waals surface area (Å²) in [6.07, 6.45) is 0. The summed E-state index contributed by atoms with van der Waals surface area (Å²) in [5, 5.41) is 0. The molecule has 0 aromatic heterocycles. The van der Waals surface area contributed by atoms with Gasteiger partial charge in [0.25, 0.3) is 5.91 Å². The van der Waals surface area contributed by atoms with Crippen LogP contribution in [0.15, 0.2) is 46.9 Å². The molecule has 0 unspecified atom stereocenters. The van der Waals surface area contributed by atoms with Crippen molar-refractivity contribution < 1.29 is 4.79 Å². The number of nitrogen functional groups attached to an aromatic ring is 1. The summed E-state index contributed by atoms with van der Waals surface area (Å²) in [7, 11) is 1.77. The van der Waals surface area contributed by atoms with Gasteiger partial charge in [-0.15, -0.1) is 0 Å². The van der Waals surface area contributed by atoms with Gasteiger partial charge in [-0.3, -0.25) is 4.79 Å². The quantitative estimate of drug-likeness (QED) is 0.860. The van der Waals surface area contributed by atoms with E-state index in [4.69, 9.17) is 5.73 Å². The largest absolute Gasteiger partial charge is 0.398 e. The molecule has 0 aliphatic heterocycles. The maximum absolute atomic E-state index is 12.4. The molecule has 2 rings (SSSR count). The predicted octanol–water partition coefficient (Wildman–Crippen LogP) is 3.62. The van der Waals surface area contributed by atoms with Gasteiger partial charge in [-0.25, -0.2) is 0 Å². The Balaban J connectivity index is 2.34. The second-order valence-corrected chi connectivity index (χ2v) is 5.24. The molecule has 0 saturated heterocycles. The Morgan fingerprint density at radius 3 is 2.53 bits per heavy atom. The number of para-hydroxylation sites is 1. The maximum atomic E-state index is 12.4. The molecule has 3 nitrogen and oxygen atoms in total. The van der Waals surface area contributed by atoms with Crippen molar-refractivity contribution in [1.29, 1.82) is 0 Å². The van der Waals surface area contributed by atoms with Crippen LogP contribution in [-0.4, -0.2) is 13.0 Å². The molecular weight excluding hydrogens is 304 g/mol. The van der Waals surface area contributed by atoms with Crippen LogP contribution in [0.2, 0.25) is 0 Å². The van der Waals surface area contributed by atoms with Crippen LogP contribution in [-0.2, 0) is 0 Å². The lowest BCUT2D eigenvalue weighted by Crippen LogP contribution is -2.26. The van der Waals surface area contributed by atoms with E-state index in [0.717, 1.165) is 15.7 Å². The third-order valence-electron chi connectivity index (χ3n) is 3.03. The Kier molecular flexibility index (Phi) is 3.90. The first kappa shape index (κ1) is 13.6. The lowest BCUT2D eigenvalue weighted by atomic mass is 10.1. The molecule has 4 heteroatoms. The fourth-order valence-corrected chi connectivity index (χ4v) is 2.28. The number of hydrogen-bond donors (Lipinski definition) is 1. The predicted molar refractivity (Wildman–Crippen MR) is 82.5 cm³/mol. The molecule has 0 radical (unpaired) electrons. The van der Waals surface area contributed by atoms with Crippen LogP contribution in [0, 0.1) is 6.92 Å². The standard InChI is InChI=1S/C15H15BrN2O/c1-10-5-3-4-6-14(10)18(2)15(19)11-7-8-13(17)12(16)9-11/h3-9H,17H2,1-2H3. The smallest absolute Gasteiger partial charge is 0.258 e. The van der Waals surface area contributed by atoms with Gasteiger partial charge in [0.05, 0.1) is 0 Å². The molecule has 0 bridgehead atoms. The van der Waals surface area contributed by atoms with Crippen LogP contribution < -0.4 is 10.6 Å². The number of carbonyl (C=O) groups excluding carboxylic acids is 1. The third-order valence-corrected chi connectivity index (χ3v) is 3.72. The van der Waals surface area contributed by atoms with E-state index in [-0.39, 0.29) is 5.91 Å². The highest BCUT2D eigenvalue weighted by molar-refractivity contribution is 9.10. The number of nitrogens with zero attached hydrogens (tertiary/aromatic N) is 1. The van der Waals surface area contributed by atoms with Crippen molar-refractivity contribution in [2.24, 2.45) is 0 Å². The van der Waals surface area contributed by atoms with Crippen molar-refractivity contribution in [3.8, 4) is 0 Å². The molecule has 2 N–H and O–H groups in total. The highest BCUT2D eigenvalue weighted by Crippen LogP contribution is 2.24. The average Bonchev–Trinajstić information content (AvgIpc) is 2.41. The van der Waals surface area contributed by atoms with Gasteiger partial charge in [-0.05, 0) is 52.7 Å². The first-order chi connectivity index (χ1) is 9.00. The van der Waals surface area contributed by atoms with E-state index in [1.807, 2.05) is 31.2 Å². The van der Waals surface area contributed by atoms with Crippen molar-refractivity contribution in [3.63, 3.8) is 0 Å². The molecule has 0 aliphatic rings. The normalized spacial score (nSPS) is 10.3. The second-order valence-electron chi connectivity index (χ2n) is 4.39. The van der Waals surface area contributed by atoms with Gasteiger partial charge < -0.3 is 10.6 Å². The minimum Gasteiger partial charge on any atom is -0.398 e. The topological polar surface area (TPSA) is 46.3 Å². The zero-order valence-corrected chi connectivity index (χ0v) is 12.4. The number of amides is 1. The van der Waals surface area contributed by atoms with E-state index in [0.29, 0.717) is 11.3 Å². The number of hydrogen-bond acceptors (Lipinski definition) is 2. The summed E-state index contributed by atoms with van der Waals surface area (Å²) in [5.74, 6) is -0.0602. The molecule has 2 aromatic rings. The highest BCUT2D eigenvalue weighted by Gasteiger charge is 2.15. The van der Waals surface area contributed by atoms with Gasteiger partial charge in [0.1, 0.15) is 0 Å². The Bertz CT molecular complexity index is 625. The minimum absolute atomic E-state index is 0.0602. The van der Waals surface area contributed by atoms with Gasteiger partial charge in [0.2, 0.25) is 0 Å². The van der Waals surface area contributed by atoms with Crippen LogP contribution in [0.3, 0.4) is 0 Å². The summed E-state index contributed by atoms with van der Waals surface area (Å²) in [6.45, 7) is 1.98. The van der Waals surface area contributed by atoms with Crippen LogP contribution in [0.1, 0.15) is 15.9 Å². The van der Waals surface area contributed by atoms with E-state index < -0.39 is 0 Å². The molecule has 1 amide bonds. The van der Waals surface area contributed by atoms with Gasteiger partial charge >= 0.3 is 0 Å². The van der Waals surface area contributed by atoms with Gasteiger partial charge in [-0.1, -0.05) is 18.2 Å². The third kappa shape index (κ3) is 2.79. The van der Waals surface area contributed by atoms with Crippen molar-refractivity contribution in [1.82, 2.24) is 0 Å². The number of benzene rings is 2. The molecular formula is C15H15BrN2O. The summed E-state index contributed by atoms with van der Waals surface area (Å²) in [5.41, 5.74) is 8.92. The number of halogens is 1. The van der Waals surface area contributed by atoms with E-state index >= 15 is 0 Å². The number of rotatable bonds is 2. The van der Waals surface area contributed by atoms with Gasteiger partial charge in [0.15, 0.2) is 0 Å². The summed E-state index contributed by atoms with van der Waals surface area (Å²) in [6, 6.07) is 13.0. The lowest BCUT2D eigenvalue weighted by molar-refractivity contribution is 0.0993. The zero-order chi connectivity index (χ0) is 14.0. The Labute approximate surface area is 121 Å². The molecule has 2 aromatic carbocycles. The SMILES string of the molecule is Cc1ccccc1N(C)C(=O)c1ccc(N)c(Br)c1. The Hall–Kier alpha value is -1.81. The van der Waals surface area contributed by atoms with Crippen LogP contribution in [0.4, 0.5) is 11.4 Å². The van der Waals surface area contributed by atoms with Gasteiger partial charge in [-0.2, -0.15) is 0 Å². The number of carbonyl (C=O) groups is 1. The first-order valence-electron chi connectivity index (χ1n) is 5.89. The summed E-state index contributed by atoms with van der Waals surface area (Å²) in [4.78, 5) is 14.1. The number of aryl methyl sites for hydroxylation is 1. The van der Waals surface area contributed by atoms with Crippen molar-refractivity contribution >= 4 is 33.2 Å². The van der Waals surface area contributed by atoms with E-state index in [2.05, 4.69) is 15.9 Å². The fourth-order valence-electron chi connectivity index (χ4n) is 1.90. The van der Waals surface area contributed by atoms with Crippen LogP contribution >= 0.6 is 15.9 Å². The Morgan fingerprint density at radius 2 is 1.89 bits per heavy atom. The zero-order valence-electron chi connectivity index (χ0n) is 10.9. The molecule has 0 fully saturated rings. The van der Waals surface area contributed by atoms with E-state index in [1.165, 1.54) is 0 Å². The van der Waals surface area contributed by atoms with E-state index in [9.17, 15) is 4.79 Å². The average molecular weight is 319 g/mol. The molecule has 19 heavy (non-hydrogen) atoms. The molecule has 0 heterocycles. The fraction of sp³-hybridized carbons (Fsp3) is 0.133. The highest BCUT2D eigenvalue weighted by atomic mass is 79.9. The monoisotopic (exact) mass is 318 g/mol. The first-order valence-corrected chi connectivity index (χ1v) is 6.68. The van der Waals surface area contributed by atoms with E-state index in [1.54, 1.807) is 30.1 Å². The van der Waals surface area contributed by atoms with Crippen molar-refractivity contribution in [2.45, 2.75) is 6.92 Å². The van der Waals surface area contributed by atoms with Gasteiger partial charge in [0, 0.05) is 28.5 Å². The molecule has 0 spiro atoms. The summed E-state index contributed by atoms with van der Waals surface area (Å²) >= 11 is 3.34. The Morgan fingerprint density at radius 1 is 1.21 bits per heavy atom. The lowest BCUT2D eigenvalue weighted by Gasteiger charge is -2.19. The minimum atomic E-state index is -0.0602.